The summed E-state index contributed by atoms with van der Waals surface area (Å²) in [6.07, 6.45) is -0.846. The molecule has 0 bridgehead atoms. The van der Waals surface area contributed by atoms with Gasteiger partial charge in [0.15, 0.2) is 12.2 Å². The third-order valence-corrected chi connectivity index (χ3v) is 4.68. The van der Waals surface area contributed by atoms with Gasteiger partial charge in [0, 0.05) is 7.05 Å². The zero-order valence-corrected chi connectivity index (χ0v) is 14.4. The van der Waals surface area contributed by atoms with Crippen molar-refractivity contribution in [3.8, 4) is 0 Å². The quantitative estimate of drug-likeness (QED) is 0.715. The molecule has 2 atom stereocenters. The molecule has 25 heavy (non-hydrogen) atoms. The third kappa shape index (κ3) is 3.08. The highest BCUT2D eigenvalue weighted by molar-refractivity contribution is 6.44. The van der Waals surface area contributed by atoms with Gasteiger partial charge >= 0.3 is 12.0 Å². The second-order valence-electron chi connectivity index (χ2n) is 5.46. The van der Waals surface area contributed by atoms with Gasteiger partial charge in [0.2, 0.25) is 5.96 Å². The Morgan fingerprint density at radius 2 is 2.12 bits per heavy atom. The zero-order valence-electron chi connectivity index (χ0n) is 12.9. The second kappa shape index (κ2) is 6.41. The molecule has 1 saturated heterocycles. The standard InChI is InChI=1S/C14H13Cl2N5O4/c1-20-11-10(12(24)19-14(20)25)21(5-8(22)23)13(18-11)17-7-4-2-3-6(15)9(7)16/h2-4,10-11H,5H2,1H3,(H,17,18)(H,22,23)(H,19,24,25). The SMILES string of the molecule is CN1C(=O)NC(=O)C2C1N=C(Nc1cccc(Cl)c1Cl)N2CC(=O)O. The first-order chi connectivity index (χ1) is 11.8. The maximum atomic E-state index is 12.2. The molecule has 1 aromatic carbocycles. The molecule has 1 fully saturated rings. The summed E-state index contributed by atoms with van der Waals surface area (Å²) in [7, 11) is 1.47. The van der Waals surface area contributed by atoms with E-state index < -0.39 is 36.7 Å². The minimum Gasteiger partial charge on any atom is -0.480 e. The molecule has 9 nitrogen and oxygen atoms in total. The van der Waals surface area contributed by atoms with Crippen LogP contribution in [0.5, 0.6) is 0 Å². The average molecular weight is 386 g/mol. The fourth-order valence-electron chi connectivity index (χ4n) is 2.67. The molecular weight excluding hydrogens is 373 g/mol. The van der Waals surface area contributed by atoms with Crippen molar-refractivity contribution in [1.82, 2.24) is 15.1 Å². The lowest BCUT2D eigenvalue weighted by Crippen LogP contribution is -2.64. The van der Waals surface area contributed by atoms with E-state index >= 15 is 0 Å². The summed E-state index contributed by atoms with van der Waals surface area (Å²) in [5.41, 5.74) is 0.399. The largest absolute Gasteiger partial charge is 0.480 e. The average Bonchev–Trinajstić information content (AvgIpc) is 2.88. The highest BCUT2D eigenvalue weighted by atomic mass is 35.5. The fourth-order valence-corrected chi connectivity index (χ4v) is 3.02. The Kier molecular flexibility index (Phi) is 4.44. The summed E-state index contributed by atoms with van der Waals surface area (Å²) in [5, 5.41) is 14.8. The number of carboxylic acid groups (broad SMARTS) is 1. The van der Waals surface area contributed by atoms with Crippen LogP contribution in [-0.4, -0.2) is 64.6 Å². The summed E-state index contributed by atoms with van der Waals surface area (Å²) >= 11 is 12.1. The molecular formula is C14H13Cl2N5O4. The van der Waals surface area contributed by atoms with Crippen LogP contribution in [0.25, 0.3) is 0 Å². The van der Waals surface area contributed by atoms with Crippen LogP contribution >= 0.6 is 23.2 Å². The van der Waals surface area contributed by atoms with E-state index in [2.05, 4.69) is 15.6 Å². The number of nitrogens with zero attached hydrogens (tertiary/aromatic N) is 3. The monoisotopic (exact) mass is 385 g/mol. The van der Waals surface area contributed by atoms with Gasteiger partial charge in [0.25, 0.3) is 5.91 Å². The van der Waals surface area contributed by atoms with Crippen LogP contribution in [-0.2, 0) is 9.59 Å². The third-order valence-electron chi connectivity index (χ3n) is 3.86. The molecule has 3 N–H and O–H groups in total. The number of benzene rings is 1. The van der Waals surface area contributed by atoms with E-state index in [0.29, 0.717) is 10.7 Å². The molecule has 2 unspecified atom stereocenters. The van der Waals surface area contributed by atoms with Gasteiger partial charge in [-0.3, -0.25) is 14.9 Å². The van der Waals surface area contributed by atoms with Gasteiger partial charge < -0.3 is 20.2 Å². The van der Waals surface area contributed by atoms with Crippen molar-refractivity contribution in [3.63, 3.8) is 0 Å². The number of fused-ring (bicyclic) bond motifs is 1. The number of carboxylic acids is 1. The minimum absolute atomic E-state index is 0.110. The summed E-state index contributed by atoms with van der Waals surface area (Å²) in [4.78, 5) is 42.0. The molecule has 2 aliphatic heterocycles. The number of amides is 3. The van der Waals surface area contributed by atoms with E-state index in [0.717, 1.165) is 0 Å². The molecule has 2 heterocycles. The molecule has 0 radical (unpaired) electrons. The number of nitrogens with one attached hydrogen (secondary N) is 2. The molecule has 0 spiro atoms. The van der Waals surface area contributed by atoms with Crippen molar-refractivity contribution in [3.05, 3.63) is 28.2 Å². The van der Waals surface area contributed by atoms with E-state index in [1.165, 1.54) is 16.8 Å². The van der Waals surface area contributed by atoms with Crippen molar-refractivity contribution in [1.29, 1.82) is 0 Å². The molecule has 11 heteroatoms. The first-order valence-corrected chi connectivity index (χ1v) is 7.90. The molecule has 0 aromatic heterocycles. The van der Waals surface area contributed by atoms with Gasteiger partial charge in [-0.15, -0.1) is 0 Å². The Morgan fingerprint density at radius 3 is 2.80 bits per heavy atom. The summed E-state index contributed by atoms with van der Waals surface area (Å²) in [6.45, 7) is -0.485. The molecule has 0 aliphatic carbocycles. The highest BCUT2D eigenvalue weighted by Crippen LogP contribution is 2.31. The lowest BCUT2D eigenvalue weighted by atomic mass is 10.1. The molecule has 132 valence electrons. The van der Waals surface area contributed by atoms with Crippen LogP contribution in [0.3, 0.4) is 0 Å². The van der Waals surface area contributed by atoms with Crippen LogP contribution in [0.2, 0.25) is 10.0 Å². The first-order valence-electron chi connectivity index (χ1n) is 7.14. The number of imide groups is 1. The van der Waals surface area contributed by atoms with E-state index in [1.807, 2.05) is 0 Å². The van der Waals surface area contributed by atoms with Crippen molar-refractivity contribution < 1.29 is 19.5 Å². The zero-order chi connectivity index (χ0) is 18.3. The van der Waals surface area contributed by atoms with Crippen molar-refractivity contribution >= 4 is 52.8 Å². The summed E-state index contributed by atoms with van der Waals surface area (Å²) in [6, 6.07) is 3.32. The second-order valence-corrected chi connectivity index (χ2v) is 6.25. The number of aliphatic carboxylic acids is 1. The Balaban J connectivity index is 1.97. The first kappa shape index (κ1) is 17.3. The van der Waals surface area contributed by atoms with Crippen LogP contribution < -0.4 is 10.6 Å². The number of rotatable bonds is 3. The Bertz CT molecular complexity index is 799. The predicted molar refractivity (Wildman–Crippen MR) is 90.7 cm³/mol. The van der Waals surface area contributed by atoms with Crippen molar-refractivity contribution in [2.24, 2.45) is 4.99 Å². The smallest absolute Gasteiger partial charge is 0.325 e. The Labute approximate surface area is 152 Å². The normalized spacial score (nSPS) is 22.4. The van der Waals surface area contributed by atoms with Crippen LogP contribution in [0.4, 0.5) is 10.5 Å². The molecule has 3 rings (SSSR count). The Hall–Kier alpha value is -2.52. The van der Waals surface area contributed by atoms with Gasteiger partial charge in [0.1, 0.15) is 6.54 Å². The maximum Gasteiger partial charge on any atom is 0.325 e. The van der Waals surface area contributed by atoms with Gasteiger partial charge in [-0.05, 0) is 12.1 Å². The minimum atomic E-state index is -1.15. The van der Waals surface area contributed by atoms with E-state index in [1.54, 1.807) is 18.2 Å². The van der Waals surface area contributed by atoms with Gasteiger partial charge in [-0.2, -0.15) is 0 Å². The topological polar surface area (TPSA) is 114 Å². The van der Waals surface area contributed by atoms with E-state index in [4.69, 9.17) is 28.3 Å². The number of carbonyl (C=O) groups excluding carboxylic acids is 2. The van der Waals surface area contributed by atoms with Crippen LogP contribution in [0.15, 0.2) is 23.2 Å². The Morgan fingerprint density at radius 1 is 1.40 bits per heavy atom. The predicted octanol–water partition coefficient (Wildman–Crippen LogP) is 1.04. The number of hydrogen-bond acceptors (Lipinski definition) is 6. The van der Waals surface area contributed by atoms with Crippen LogP contribution in [0.1, 0.15) is 0 Å². The number of urea groups is 1. The molecule has 3 amide bonds. The van der Waals surface area contributed by atoms with Crippen molar-refractivity contribution in [2.45, 2.75) is 12.2 Å². The van der Waals surface area contributed by atoms with Crippen molar-refractivity contribution in [2.75, 3.05) is 18.9 Å². The summed E-state index contributed by atoms with van der Waals surface area (Å²) in [5.74, 6) is -1.66. The lowest BCUT2D eigenvalue weighted by Gasteiger charge is -2.35. The van der Waals surface area contributed by atoms with Gasteiger partial charge in [-0.1, -0.05) is 29.3 Å². The number of aliphatic imine (C=N–C) groups is 1. The van der Waals surface area contributed by atoms with E-state index in [9.17, 15) is 14.4 Å². The molecule has 1 aromatic rings. The maximum absolute atomic E-state index is 12.2. The number of halogens is 2. The molecule has 2 aliphatic rings. The van der Waals surface area contributed by atoms with Gasteiger partial charge in [-0.25, -0.2) is 9.79 Å². The lowest BCUT2D eigenvalue weighted by molar-refractivity contribution is -0.138. The molecule has 0 saturated carbocycles. The number of anilines is 1. The van der Waals surface area contributed by atoms with E-state index in [-0.39, 0.29) is 11.0 Å². The van der Waals surface area contributed by atoms with Gasteiger partial charge in [0.05, 0.1) is 15.7 Å². The number of guanidine groups is 1. The number of likely N-dealkylation sites (N-methyl/N-ethyl adjacent to an activating group) is 1. The number of carbonyl (C=O) groups is 3. The fraction of sp³-hybridized carbons (Fsp3) is 0.286. The van der Waals surface area contributed by atoms with Crippen LogP contribution in [0, 0.1) is 0 Å². The number of hydrogen-bond donors (Lipinski definition) is 3. The highest BCUT2D eigenvalue weighted by Gasteiger charge is 2.49. The summed E-state index contributed by atoms with van der Waals surface area (Å²) < 4.78 is 0.